The van der Waals surface area contributed by atoms with Gasteiger partial charge in [-0.3, -0.25) is 4.57 Å². The van der Waals surface area contributed by atoms with Crippen LogP contribution in [0.3, 0.4) is 0 Å². The summed E-state index contributed by atoms with van der Waals surface area (Å²) < 4.78 is 28.8. The van der Waals surface area contributed by atoms with Crippen LogP contribution in [0.5, 0.6) is 0 Å². The third-order valence-corrected chi connectivity index (χ3v) is 4.09. The van der Waals surface area contributed by atoms with Crippen LogP contribution in [0, 0.1) is 18.6 Å². The molecule has 2 heterocycles. The van der Waals surface area contributed by atoms with Gasteiger partial charge in [-0.1, -0.05) is 11.6 Å². The predicted octanol–water partition coefficient (Wildman–Crippen LogP) is 4.72. The van der Waals surface area contributed by atoms with E-state index in [4.69, 9.17) is 11.6 Å². The lowest BCUT2D eigenvalue weighted by molar-refractivity contribution is 0.510. The van der Waals surface area contributed by atoms with Gasteiger partial charge in [0.1, 0.15) is 11.6 Å². The molecule has 2 aromatic heterocycles. The number of hydrogen-bond acceptors (Lipinski definition) is 3. The van der Waals surface area contributed by atoms with E-state index in [9.17, 15) is 8.78 Å². The Labute approximate surface area is 146 Å². The third kappa shape index (κ3) is 2.74. The lowest BCUT2D eigenvalue weighted by atomic mass is 10.2. The Bertz CT molecular complexity index is 1090. The summed E-state index contributed by atoms with van der Waals surface area (Å²) in [6, 6.07) is 11.0. The SMILES string of the molecule is Cc1nc2cc(F)c(F)cc2n1-c1ccnc(-c2ccc(Cl)cc2)n1. The Kier molecular flexibility index (Phi) is 3.69. The molecule has 0 unspecified atom stereocenters. The van der Waals surface area contributed by atoms with Crippen LogP contribution in [-0.2, 0) is 0 Å². The smallest absolute Gasteiger partial charge is 0.161 e. The minimum Gasteiger partial charge on any atom is -0.280 e. The van der Waals surface area contributed by atoms with E-state index in [0.717, 1.165) is 17.7 Å². The molecule has 0 saturated heterocycles. The molecular formula is C18H11ClF2N4. The van der Waals surface area contributed by atoms with E-state index in [1.807, 2.05) is 12.1 Å². The molecule has 7 heteroatoms. The first-order valence-electron chi connectivity index (χ1n) is 7.46. The fourth-order valence-electron chi connectivity index (χ4n) is 2.69. The highest BCUT2D eigenvalue weighted by atomic mass is 35.5. The molecule has 4 aromatic rings. The predicted molar refractivity (Wildman–Crippen MR) is 91.8 cm³/mol. The molecule has 0 aliphatic carbocycles. The number of aromatic nitrogens is 4. The molecule has 0 aliphatic heterocycles. The van der Waals surface area contributed by atoms with E-state index >= 15 is 0 Å². The zero-order chi connectivity index (χ0) is 17.6. The first kappa shape index (κ1) is 15.7. The molecule has 0 aliphatic rings. The normalized spacial score (nSPS) is 11.2. The Balaban J connectivity index is 1.89. The number of benzene rings is 2. The molecule has 124 valence electrons. The third-order valence-electron chi connectivity index (χ3n) is 3.84. The highest BCUT2D eigenvalue weighted by molar-refractivity contribution is 6.30. The van der Waals surface area contributed by atoms with Crippen LogP contribution in [0.2, 0.25) is 5.02 Å². The lowest BCUT2D eigenvalue weighted by Crippen LogP contribution is -2.02. The van der Waals surface area contributed by atoms with Gasteiger partial charge >= 0.3 is 0 Å². The Hall–Kier alpha value is -2.86. The number of aryl methyl sites for hydroxylation is 1. The van der Waals surface area contributed by atoms with Gasteiger partial charge in [0.05, 0.1) is 11.0 Å². The maximum absolute atomic E-state index is 13.7. The summed E-state index contributed by atoms with van der Waals surface area (Å²) in [7, 11) is 0. The van der Waals surface area contributed by atoms with E-state index in [2.05, 4.69) is 15.0 Å². The highest BCUT2D eigenvalue weighted by Gasteiger charge is 2.15. The van der Waals surface area contributed by atoms with Crippen LogP contribution in [0.15, 0.2) is 48.7 Å². The summed E-state index contributed by atoms with van der Waals surface area (Å²) >= 11 is 5.91. The van der Waals surface area contributed by atoms with Crippen molar-refractivity contribution in [3.8, 4) is 17.2 Å². The fourth-order valence-corrected chi connectivity index (χ4v) is 2.82. The summed E-state index contributed by atoms with van der Waals surface area (Å²) in [6.45, 7) is 1.75. The zero-order valence-corrected chi connectivity index (χ0v) is 13.8. The first-order chi connectivity index (χ1) is 12.0. The summed E-state index contributed by atoms with van der Waals surface area (Å²) in [5.41, 5.74) is 1.60. The summed E-state index contributed by atoms with van der Waals surface area (Å²) in [5.74, 6) is -0.271. The van der Waals surface area contributed by atoms with Crippen molar-refractivity contribution in [3.05, 3.63) is 71.1 Å². The van der Waals surface area contributed by atoms with Crippen LogP contribution >= 0.6 is 11.6 Å². The number of fused-ring (bicyclic) bond motifs is 1. The Morgan fingerprint density at radius 3 is 2.44 bits per heavy atom. The van der Waals surface area contributed by atoms with E-state index in [1.165, 1.54) is 0 Å². The summed E-state index contributed by atoms with van der Waals surface area (Å²) in [6.07, 6.45) is 1.61. The maximum atomic E-state index is 13.7. The molecule has 0 bridgehead atoms. The maximum Gasteiger partial charge on any atom is 0.161 e. The van der Waals surface area contributed by atoms with E-state index in [1.54, 1.807) is 35.9 Å². The van der Waals surface area contributed by atoms with Crippen molar-refractivity contribution < 1.29 is 8.78 Å². The number of hydrogen-bond donors (Lipinski definition) is 0. The summed E-state index contributed by atoms with van der Waals surface area (Å²) in [5, 5.41) is 0.619. The molecule has 0 N–H and O–H groups in total. The molecule has 0 spiro atoms. The quantitative estimate of drug-likeness (QED) is 0.522. The average molecular weight is 357 g/mol. The van der Waals surface area contributed by atoms with E-state index in [0.29, 0.717) is 33.5 Å². The molecule has 0 amide bonds. The topological polar surface area (TPSA) is 43.6 Å². The van der Waals surface area contributed by atoms with Gasteiger partial charge in [-0.15, -0.1) is 0 Å². The lowest BCUT2D eigenvalue weighted by Gasteiger charge is -2.08. The van der Waals surface area contributed by atoms with Gasteiger partial charge in [-0.25, -0.2) is 23.7 Å². The van der Waals surface area contributed by atoms with E-state index in [-0.39, 0.29) is 0 Å². The standard InChI is InChI=1S/C18H11ClF2N4/c1-10-23-15-8-13(20)14(21)9-16(15)25(10)17-6-7-22-18(24-17)11-2-4-12(19)5-3-11/h2-9H,1H3. The zero-order valence-electron chi connectivity index (χ0n) is 13.0. The number of nitrogens with zero attached hydrogens (tertiary/aromatic N) is 4. The van der Waals surface area contributed by atoms with Gasteiger partial charge in [0.25, 0.3) is 0 Å². The van der Waals surface area contributed by atoms with Gasteiger partial charge in [-0.05, 0) is 37.3 Å². The Morgan fingerprint density at radius 1 is 0.960 bits per heavy atom. The number of rotatable bonds is 2. The van der Waals surface area contributed by atoms with Crippen molar-refractivity contribution in [2.75, 3.05) is 0 Å². The number of halogens is 3. The molecule has 25 heavy (non-hydrogen) atoms. The molecule has 4 nitrogen and oxygen atoms in total. The van der Waals surface area contributed by atoms with Crippen molar-refractivity contribution in [3.63, 3.8) is 0 Å². The number of imidazole rings is 1. The van der Waals surface area contributed by atoms with Gasteiger partial charge in [0.15, 0.2) is 17.5 Å². The molecule has 2 aromatic carbocycles. The van der Waals surface area contributed by atoms with Crippen molar-refractivity contribution in [1.82, 2.24) is 19.5 Å². The van der Waals surface area contributed by atoms with Crippen LogP contribution in [0.25, 0.3) is 28.2 Å². The molecule has 0 atom stereocenters. The van der Waals surface area contributed by atoms with Crippen LogP contribution in [0.4, 0.5) is 8.78 Å². The summed E-state index contributed by atoms with van der Waals surface area (Å²) in [4.78, 5) is 13.1. The van der Waals surface area contributed by atoms with Crippen LogP contribution in [-0.4, -0.2) is 19.5 Å². The molecule has 0 fully saturated rings. The van der Waals surface area contributed by atoms with Gasteiger partial charge < -0.3 is 0 Å². The molecule has 0 radical (unpaired) electrons. The largest absolute Gasteiger partial charge is 0.280 e. The van der Waals surface area contributed by atoms with Crippen molar-refractivity contribution >= 4 is 22.6 Å². The van der Waals surface area contributed by atoms with Gasteiger partial charge in [-0.2, -0.15) is 0 Å². The van der Waals surface area contributed by atoms with Crippen molar-refractivity contribution in [1.29, 1.82) is 0 Å². The van der Waals surface area contributed by atoms with Crippen LogP contribution in [0.1, 0.15) is 5.82 Å². The van der Waals surface area contributed by atoms with Gasteiger partial charge in [0.2, 0.25) is 0 Å². The second kappa shape index (κ2) is 5.89. The Morgan fingerprint density at radius 2 is 1.68 bits per heavy atom. The molecule has 0 saturated carbocycles. The van der Waals surface area contributed by atoms with Gasteiger partial charge in [0, 0.05) is 28.9 Å². The minimum atomic E-state index is -0.930. The second-order valence-electron chi connectivity index (χ2n) is 5.49. The average Bonchev–Trinajstić information content (AvgIpc) is 2.91. The molecule has 4 rings (SSSR count). The van der Waals surface area contributed by atoms with Crippen molar-refractivity contribution in [2.45, 2.75) is 6.92 Å². The fraction of sp³-hybridized carbons (Fsp3) is 0.0556. The first-order valence-corrected chi connectivity index (χ1v) is 7.84. The van der Waals surface area contributed by atoms with Crippen LogP contribution < -0.4 is 0 Å². The van der Waals surface area contributed by atoms with E-state index < -0.39 is 11.6 Å². The monoisotopic (exact) mass is 356 g/mol. The molecular weight excluding hydrogens is 346 g/mol. The minimum absolute atomic E-state index is 0.364. The van der Waals surface area contributed by atoms with Crippen molar-refractivity contribution in [2.24, 2.45) is 0 Å². The second-order valence-corrected chi connectivity index (χ2v) is 5.93. The highest BCUT2D eigenvalue weighted by Crippen LogP contribution is 2.24.